The number of pyridine rings is 1. The van der Waals surface area contributed by atoms with Crippen LogP contribution < -0.4 is 16.6 Å². The molecule has 0 aliphatic heterocycles. The van der Waals surface area contributed by atoms with Crippen molar-refractivity contribution in [1.29, 1.82) is 0 Å². The Hall–Kier alpha value is -4.37. The van der Waals surface area contributed by atoms with E-state index < -0.39 is 11.6 Å². The number of ketones is 1. The summed E-state index contributed by atoms with van der Waals surface area (Å²) in [6.45, 7) is 1.38. The van der Waals surface area contributed by atoms with E-state index in [-0.39, 0.29) is 24.4 Å². The molecule has 2 aromatic carbocycles. The third-order valence-corrected chi connectivity index (χ3v) is 7.05. The summed E-state index contributed by atoms with van der Waals surface area (Å²) in [5, 5.41) is 3.42. The van der Waals surface area contributed by atoms with Gasteiger partial charge in [-0.05, 0) is 55.3 Å². The Kier molecular flexibility index (Phi) is 6.30. The molecule has 5 rings (SSSR count). The molecule has 0 spiro atoms. The number of benzene rings is 2. The topological polar surface area (TPSA) is 103 Å². The van der Waals surface area contributed by atoms with Crippen molar-refractivity contribution in [3.63, 3.8) is 0 Å². The lowest BCUT2D eigenvalue weighted by Crippen LogP contribution is -2.41. The third-order valence-electron chi connectivity index (χ3n) is 5.96. The summed E-state index contributed by atoms with van der Waals surface area (Å²) >= 11 is 1.21. The van der Waals surface area contributed by atoms with Crippen LogP contribution in [0.25, 0.3) is 20.4 Å². The minimum atomic E-state index is -0.547. The lowest BCUT2D eigenvalue weighted by molar-refractivity contribution is -0.116. The molecule has 3 heterocycles. The largest absolute Gasteiger partial charge is 0.332 e. The zero-order valence-electron chi connectivity index (χ0n) is 19.4. The number of rotatable bonds is 7. The summed E-state index contributed by atoms with van der Waals surface area (Å²) in [7, 11) is 0. The van der Waals surface area contributed by atoms with Crippen molar-refractivity contribution >= 4 is 49.1 Å². The molecule has 9 heteroatoms. The van der Waals surface area contributed by atoms with Crippen LogP contribution in [0.15, 0.2) is 82.5 Å². The molecule has 8 nitrogen and oxygen atoms in total. The zero-order valence-corrected chi connectivity index (χ0v) is 20.2. The standard InChI is InChI=1S/C27H22N4O4S/c1-17(32)19-9-11-20(12-10-19)29-22(33)16-31-23-21-8-5-14-28-25(21)36-24(23)26(34)30(27(31)35)15-13-18-6-3-2-4-7-18/h2-12,14H,13,15-16H2,1H3,(H,29,33). The molecule has 0 fully saturated rings. The molecular formula is C27H22N4O4S. The number of nitrogens with zero attached hydrogens (tertiary/aromatic N) is 3. The van der Waals surface area contributed by atoms with Crippen molar-refractivity contribution in [2.24, 2.45) is 0 Å². The van der Waals surface area contributed by atoms with Crippen LogP contribution in [-0.2, 0) is 24.3 Å². The van der Waals surface area contributed by atoms with Crippen LogP contribution in [-0.4, -0.2) is 25.8 Å². The third kappa shape index (κ3) is 4.48. The summed E-state index contributed by atoms with van der Waals surface area (Å²) in [4.78, 5) is 56.4. The zero-order chi connectivity index (χ0) is 25.2. The first-order valence-electron chi connectivity index (χ1n) is 11.4. The van der Waals surface area contributed by atoms with Gasteiger partial charge in [0.25, 0.3) is 5.56 Å². The highest BCUT2D eigenvalue weighted by Crippen LogP contribution is 2.29. The van der Waals surface area contributed by atoms with Crippen molar-refractivity contribution in [3.05, 3.63) is 105 Å². The Morgan fingerprint density at radius 3 is 2.42 bits per heavy atom. The number of fused-ring (bicyclic) bond motifs is 3. The van der Waals surface area contributed by atoms with Gasteiger partial charge in [-0.15, -0.1) is 11.3 Å². The van der Waals surface area contributed by atoms with E-state index in [1.807, 2.05) is 30.3 Å². The summed E-state index contributed by atoms with van der Waals surface area (Å²) < 4.78 is 2.93. The second kappa shape index (κ2) is 9.71. The van der Waals surface area contributed by atoms with E-state index in [0.29, 0.717) is 38.1 Å². The highest BCUT2D eigenvalue weighted by atomic mass is 32.1. The fourth-order valence-electron chi connectivity index (χ4n) is 4.15. The summed E-state index contributed by atoms with van der Waals surface area (Å²) in [5.74, 6) is -0.497. The average molecular weight is 499 g/mol. The number of Topliss-reactive ketones (excluding diaryl/α,β-unsaturated/α-hetero) is 1. The molecule has 0 saturated heterocycles. The predicted molar refractivity (Wildman–Crippen MR) is 141 cm³/mol. The van der Waals surface area contributed by atoms with Gasteiger partial charge in [0.1, 0.15) is 16.1 Å². The van der Waals surface area contributed by atoms with Crippen molar-refractivity contribution < 1.29 is 9.59 Å². The van der Waals surface area contributed by atoms with E-state index in [2.05, 4.69) is 10.3 Å². The van der Waals surface area contributed by atoms with E-state index >= 15 is 0 Å². The summed E-state index contributed by atoms with van der Waals surface area (Å²) in [5.41, 5.74) is 1.52. The van der Waals surface area contributed by atoms with Gasteiger partial charge in [0, 0.05) is 29.4 Å². The molecule has 1 amide bonds. The SMILES string of the molecule is CC(=O)c1ccc(NC(=O)Cn2c(=O)n(CCc3ccccc3)c(=O)c3sc4ncccc4c32)cc1. The number of amides is 1. The Balaban J connectivity index is 1.55. The van der Waals surface area contributed by atoms with Crippen molar-refractivity contribution in [1.82, 2.24) is 14.1 Å². The molecule has 0 saturated carbocycles. The number of carbonyl (C=O) groups is 2. The molecule has 5 aromatic rings. The van der Waals surface area contributed by atoms with Crippen molar-refractivity contribution in [2.75, 3.05) is 5.32 Å². The molecule has 180 valence electrons. The van der Waals surface area contributed by atoms with Gasteiger partial charge < -0.3 is 5.32 Å². The van der Waals surface area contributed by atoms with Crippen LogP contribution >= 0.6 is 11.3 Å². The smallest absolute Gasteiger partial charge is 0.325 e. The summed E-state index contributed by atoms with van der Waals surface area (Å²) in [6.07, 6.45) is 2.13. The second-order valence-corrected chi connectivity index (χ2v) is 9.38. The fraction of sp³-hybridized carbons (Fsp3) is 0.148. The van der Waals surface area contributed by atoms with Crippen LogP contribution in [0.2, 0.25) is 0 Å². The van der Waals surface area contributed by atoms with E-state index in [4.69, 9.17) is 0 Å². The molecule has 0 radical (unpaired) electrons. The molecule has 0 atom stereocenters. The lowest BCUT2D eigenvalue weighted by atomic mass is 10.1. The first-order chi connectivity index (χ1) is 17.4. The van der Waals surface area contributed by atoms with E-state index in [9.17, 15) is 19.2 Å². The van der Waals surface area contributed by atoms with Crippen LogP contribution in [0.3, 0.4) is 0 Å². The van der Waals surface area contributed by atoms with Crippen molar-refractivity contribution in [2.45, 2.75) is 26.4 Å². The van der Waals surface area contributed by atoms with Crippen LogP contribution in [0.4, 0.5) is 5.69 Å². The number of hydrogen-bond donors (Lipinski definition) is 1. The highest BCUT2D eigenvalue weighted by molar-refractivity contribution is 7.25. The van der Waals surface area contributed by atoms with Crippen LogP contribution in [0.1, 0.15) is 22.8 Å². The molecular weight excluding hydrogens is 476 g/mol. The van der Waals surface area contributed by atoms with E-state index in [1.54, 1.807) is 42.6 Å². The van der Waals surface area contributed by atoms with Gasteiger partial charge in [0.2, 0.25) is 5.91 Å². The van der Waals surface area contributed by atoms with Crippen molar-refractivity contribution in [3.8, 4) is 0 Å². The maximum atomic E-state index is 13.6. The van der Waals surface area contributed by atoms with E-state index in [0.717, 1.165) is 5.56 Å². The van der Waals surface area contributed by atoms with Gasteiger partial charge in [-0.1, -0.05) is 30.3 Å². The lowest BCUT2D eigenvalue weighted by Gasteiger charge is -2.13. The maximum absolute atomic E-state index is 13.6. The van der Waals surface area contributed by atoms with Crippen LogP contribution in [0, 0.1) is 0 Å². The van der Waals surface area contributed by atoms with Gasteiger partial charge in [-0.3, -0.25) is 23.5 Å². The Morgan fingerprint density at radius 2 is 1.69 bits per heavy atom. The number of carbonyl (C=O) groups excluding carboxylic acids is 2. The van der Waals surface area contributed by atoms with Gasteiger partial charge in [-0.2, -0.15) is 0 Å². The Morgan fingerprint density at radius 1 is 0.944 bits per heavy atom. The molecule has 0 bridgehead atoms. The number of nitrogens with one attached hydrogen (secondary N) is 1. The Bertz CT molecular complexity index is 1720. The van der Waals surface area contributed by atoms with Crippen LogP contribution in [0.5, 0.6) is 0 Å². The fourth-order valence-corrected chi connectivity index (χ4v) is 5.24. The highest BCUT2D eigenvalue weighted by Gasteiger charge is 2.20. The minimum absolute atomic E-state index is 0.0717. The second-order valence-electron chi connectivity index (χ2n) is 8.38. The monoisotopic (exact) mass is 498 g/mol. The number of aromatic nitrogens is 3. The van der Waals surface area contributed by atoms with Gasteiger partial charge in [0.05, 0.1) is 5.52 Å². The minimum Gasteiger partial charge on any atom is -0.325 e. The molecule has 0 unspecified atom stereocenters. The molecule has 36 heavy (non-hydrogen) atoms. The number of thiophene rings is 1. The van der Waals surface area contributed by atoms with Gasteiger partial charge >= 0.3 is 5.69 Å². The van der Waals surface area contributed by atoms with Gasteiger partial charge in [-0.25, -0.2) is 9.78 Å². The maximum Gasteiger partial charge on any atom is 0.332 e. The molecule has 3 aromatic heterocycles. The number of anilines is 1. The average Bonchev–Trinajstić information content (AvgIpc) is 3.27. The summed E-state index contributed by atoms with van der Waals surface area (Å²) in [6, 6.07) is 19.7. The first-order valence-corrected chi connectivity index (χ1v) is 12.2. The van der Waals surface area contributed by atoms with E-state index in [1.165, 1.54) is 27.4 Å². The number of hydrogen-bond acceptors (Lipinski definition) is 6. The molecule has 0 aliphatic carbocycles. The molecule has 0 aliphatic rings. The normalized spacial score (nSPS) is 11.1. The Labute approximate surface area is 209 Å². The molecule has 1 N–H and O–H groups in total. The van der Waals surface area contributed by atoms with Gasteiger partial charge in [0.15, 0.2) is 5.78 Å². The predicted octanol–water partition coefficient (Wildman–Crippen LogP) is 3.86. The first kappa shape index (κ1) is 23.4. The quantitative estimate of drug-likeness (QED) is 0.343. The number of aryl methyl sites for hydroxylation is 1.